The molecule has 2 atom stereocenters. The maximum Gasteiger partial charge on any atom is 0.136 e. The summed E-state index contributed by atoms with van der Waals surface area (Å²) >= 11 is 0. The van der Waals surface area contributed by atoms with Crippen LogP contribution in [0.15, 0.2) is 6.33 Å². The van der Waals surface area contributed by atoms with Crippen LogP contribution in [0.3, 0.4) is 0 Å². The van der Waals surface area contributed by atoms with E-state index in [1.165, 1.54) is 11.3 Å². The molecule has 0 radical (unpaired) electrons. The average molecular weight is 248 g/mol. The van der Waals surface area contributed by atoms with Crippen LogP contribution in [0.5, 0.6) is 0 Å². The van der Waals surface area contributed by atoms with Crippen molar-refractivity contribution in [1.82, 2.24) is 15.3 Å². The smallest absolute Gasteiger partial charge is 0.136 e. The van der Waals surface area contributed by atoms with Crippen LogP contribution in [0.2, 0.25) is 0 Å². The van der Waals surface area contributed by atoms with E-state index in [9.17, 15) is 0 Å². The first-order valence-electron chi connectivity index (χ1n) is 6.65. The fourth-order valence-electron chi connectivity index (χ4n) is 2.94. The Hall–Kier alpha value is -1.20. The Bertz CT molecular complexity index is 437. The summed E-state index contributed by atoms with van der Waals surface area (Å²) in [6.07, 6.45) is 4.03. The minimum atomic E-state index is 0.275. The van der Waals surface area contributed by atoms with E-state index in [0.29, 0.717) is 6.04 Å². The molecule has 5 heteroatoms. The Morgan fingerprint density at radius 1 is 1.44 bits per heavy atom. The molecule has 3 heterocycles. The molecular formula is C13H20N4O. The van der Waals surface area contributed by atoms with Crippen molar-refractivity contribution in [2.45, 2.75) is 38.5 Å². The van der Waals surface area contributed by atoms with Gasteiger partial charge in [0.2, 0.25) is 0 Å². The molecule has 0 aromatic carbocycles. The number of aromatic nitrogens is 2. The van der Waals surface area contributed by atoms with Crippen LogP contribution in [-0.4, -0.2) is 42.3 Å². The zero-order valence-electron chi connectivity index (χ0n) is 11.0. The maximum atomic E-state index is 5.65. The molecule has 2 unspecified atom stereocenters. The minimum Gasteiger partial charge on any atom is -0.376 e. The second kappa shape index (κ2) is 4.82. The predicted octanol–water partition coefficient (Wildman–Crippen LogP) is 0.736. The van der Waals surface area contributed by atoms with Gasteiger partial charge in [-0.2, -0.15) is 0 Å². The summed E-state index contributed by atoms with van der Waals surface area (Å²) in [6.45, 7) is 4.87. The predicted molar refractivity (Wildman–Crippen MR) is 69.7 cm³/mol. The van der Waals surface area contributed by atoms with Crippen molar-refractivity contribution in [2.24, 2.45) is 0 Å². The van der Waals surface area contributed by atoms with Crippen LogP contribution in [0, 0.1) is 0 Å². The van der Waals surface area contributed by atoms with Gasteiger partial charge in [0.15, 0.2) is 0 Å². The highest BCUT2D eigenvalue weighted by atomic mass is 16.5. The molecule has 1 fully saturated rings. The van der Waals surface area contributed by atoms with Crippen LogP contribution >= 0.6 is 0 Å². The number of fused-ring (bicyclic) bond motifs is 1. The number of rotatable bonds is 2. The summed E-state index contributed by atoms with van der Waals surface area (Å²) in [5.74, 6) is 1.06. The molecule has 5 nitrogen and oxygen atoms in total. The Kier molecular flexibility index (Phi) is 3.18. The van der Waals surface area contributed by atoms with Gasteiger partial charge in [-0.3, -0.25) is 0 Å². The third kappa shape index (κ3) is 1.97. The molecule has 2 aliphatic rings. The van der Waals surface area contributed by atoms with Gasteiger partial charge in [0.05, 0.1) is 17.8 Å². The molecule has 1 N–H and O–H groups in total. The van der Waals surface area contributed by atoms with Gasteiger partial charge in [0.25, 0.3) is 0 Å². The number of nitrogens with zero attached hydrogens (tertiary/aromatic N) is 3. The lowest BCUT2D eigenvalue weighted by atomic mass is 10.1. The van der Waals surface area contributed by atoms with Crippen molar-refractivity contribution in [3.05, 3.63) is 17.6 Å². The van der Waals surface area contributed by atoms with E-state index in [4.69, 9.17) is 4.74 Å². The molecule has 1 aromatic heterocycles. The van der Waals surface area contributed by atoms with Gasteiger partial charge in [-0.25, -0.2) is 9.97 Å². The van der Waals surface area contributed by atoms with Gasteiger partial charge >= 0.3 is 0 Å². The third-order valence-electron chi connectivity index (χ3n) is 4.02. The number of ether oxygens (including phenoxy) is 1. The van der Waals surface area contributed by atoms with Gasteiger partial charge in [-0.05, 0) is 13.3 Å². The Morgan fingerprint density at radius 2 is 2.33 bits per heavy atom. The van der Waals surface area contributed by atoms with E-state index >= 15 is 0 Å². The maximum absolute atomic E-state index is 5.65. The zero-order valence-corrected chi connectivity index (χ0v) is 11.0. The Balaban J connectivity index is 1.91. The molecule has 3 rings (SSSR count). The molecule has 1 aromatic rings. The van der Waals surface area contributed by atoms with Crippen molar-refractivity contribution in [3.8, 4) is 0 Å². The standard InChI is InChI=1S/C13H20N4O/c1-9-12(4-6-18-9)17(2)13-10-7-14-5-3-11(10)15-8-16-13/h8-9,12,14H,3-7H2,1-2H3. The second-order valence-electron chi connectivity index (χ2n) is 5.09. The van der Waals surface area contributed by atoms with Crippen molar-refractivity contribution in [1.29, 1.82) is 0 Å². The topological polar surface area (TPSA) is 50.3 Å². The molecule has 2 aliphatic heterocycles. The van der Waals surface area contributed by atoms with E-state index in [0.717, 1.165) is 38.4 Å². The molecule has 0 aliphatic carbocycles. The highest BCUT2D eigenvalue weighted by Gasteiger charge is 2.30. The van der Waals surface area contributed by atoms with E-state index in [2.05, 4.69) is 34.2 Å². The Labute approximate surface area is 108 Å². The fraction of sp³-hybridized carbons (Fsp3) is 0.692. The van der Waals surface area contributed by atoms with E-state index in [-0.39, 0.29) is 6.10 Å². The largest absolute Gasteiger partial charge is 0.376 e. The quantitative estimate of drug-likeness (QED) is 0.836. The summed E-state index contributed by atoms with van der Waals surface area (Å²) in [4.78, 5) is 11.2. The van der Waals surface area contributed by atoms with Crippen LogP contribution in [0.1, 0.15) is 24.6 Å². The highest BCUT2D eigenvalue weighted by Crippen LogP contribution is 2.27. The Morgan fingerprint density at radius 3 is 3.11 bits per heavy atom. The first kappa shape index (κ1) is 11.9. The van der Waals surface area contributed by atoms with Crippen LogP contribution in [0.4, 0.5) is 5.82 Å². The summed E-state index contributed by atoms with van der Waals surface area (Å²) in [6, 6.07) is 0.422. The van der Waals surface area contributed by atoms with Crippen molar-refractivity contribution >= 4 is 5.82 Å². The summed E-state index contributed by atoms with van der Waals surface area (Å²) in [5, 5.41) is 3.40. The normalized spacial score (nSPS) is 27.0. The molecule has 0 spiro atoms. The molecule has 1 saturated heterocycles. The van der Waals surface area contributed by atoms with Crippen LogP contribution < -0.4 is 10.2 Å². The van der Waals surface area contributed by atoms with Crippen molar-refractivity contribution < 1.29 is 4.74 Å². The molecule has 98 valence electrons. The summed E-state index contributed by atoms with van der Waals surface area (Å²) < 4.78 is 5.65. The number of nitrogens with one attached hydrogen (secondary N) is 1. The second-order valence-corrected chi connectivity index (χ2v) is 5.09. The third-order valence-corrected chi connectivity index (χ3v) is 4.02. The van der Waals surface area contributed by atoms with E-state index < -0.39 is 0 Å². The average Bonchev–Trinajstić information content (AvgIpc) is 2.83. The number of hydrogen-bond acceptors (Lipinski definition) is 5. The first-order chi connectivity index (χ1) is 8.77. The van der Waals surface area contributed by atoms with Gasteiger partial charge < -0.3 is 15.0 Å². The number of likely N-dealkylation sites (N-methyl/N-ethyl adjacent to an activating group) is 1. The molecule has 18 heavy (non-hydrogen) atoms. The lowest BCUT2D eigenvalue weighted by molar-refractivity contribution is 0.118. The molecule has 0 bridgehead atoms. The highest BCUT2D eigenvalue weighted by molar-refractivity contribution is 5.50. The zero-order chi connectivity index (χ0) is 12.5. The van der Waals surface area contributed by atoms with E-state index in [1.54, 1.807) is 6.33 Å². The van der Waals surface area contributed by atoms with Crippen molar-refractivity contribution in [3.63, 3.8) is 0 Å². The van der Waals surface area contributed by atoms with Crippen LogP contribution in [-0.2, 0) is 17.7 Å². The first-order valence-corrected chi connectivity index (χ1v) is 6.65. The number of hydrogen-bond donors (Lipinski definition) is 1. The van der Waals surface area contributed by atoms with Gasteiger partial charge in [-0.15, -0.1) is 0 Å². The van der Waals surface area contributed by atoms with Crippen molar-refractivity contribution in [2.75, 3.05) is 25.1 Å². The molecule has 0 amide bonds. The molecule has 0 saturated carbocycles. The van der Waals surface area contributed by atoms with E-state index in [1.807, 2.05) is 0 Å². The fourth-order valence-corrected chi connectivity index (χ4v) is 2.94. The molecular weight excluding hydrogens is 228 g/mol. The van der Waals surface area contributed by atoms with Gasteiger partial charge in [0, 0.05) is 38.7 Å². The SMILES string of the molecule is CC1OCCC1N(C)c1ncnc2c1CNCC2. The van der Waals surface area contributed by atoms with Gasteiger partial charge in [0.1, 0.15) is 12.1 Å². The lowest BCUT2D eigenvalue weighted by Crippen LogP contribution is -2.39. The van der Waals surface area contributed by atoms with Crippen LogP contribution in [0.25, 0.3) is 0 Å². The lowest BCUT2D eigenvalue weighted by Gasteiger charge is -2.31. The monoisotopic (exact) mass is 248 g/mol. The summed E-state index contributed by atoms with van der Waals surface area (Å²) in [5.41, 5.74) is 2.45. The minimum absolute atomic E-state index is 0.275. The van der Waals surface area contributed by atoms with Gasteiger partial charge in [-0.1, -0.05) is 0 Å². The summed E-state index contributed by atoms with van der Waals surface area (Å²) in [7, 11) is 2.12. The number of anilines is 1.